The Morgan fingerprint density at radius 2 is 1.96 bits per heavy atom. The van der Waals surface area contributed by atoms with E-state index in [1.165, 1.54) is 0 Å². The lowest BCUT2D eigenvalue weighted by atomic mass is 10.2. The summed E-state index contributed by atoms with van der Waals surface area (Å²) in [5, 5.41) is 2.95. The molecule has 0 saturated carbocycles. The highest BCUT2D eigenvalue weighted by molar-refractivity contribution is 6.30. The number of rotatable bonds is 5. The predicted molar refractivity (Wildman–Crippen MR) is 105 cm³/mol. The fraction of sp³-hybridized carbons (Fsp3) is 0.389. The lowest BCUT2D eigenvalue weighted by Gasteiger charge is -2.29. The summed E-state index contributed by atoms with van der Waals surface area (Å²) in [7, 11) is 0. The molecule has 1 saturated heterocycles. The largest absolute Gasteiger partial charge is 0.412 e. The molecule has 1 aromatic heterocycles. The summed E-state index contributed by atoms with van der Waals surface area (Å²) < 4.78 is 10.6. The Bertz CT molecular complexity index is 796. The summed E-state index contributed by atoms with van der Waals surface area (Å²) in [5.74, 6) is 2.07. The third-order valence-corrected chi connectivity index (χ3v) is 4.62. The molecule has 1 aromatic carbocycles. The highest BCUT2D eigenvalue weighted by Crippen LogP contribution is 2.28. The molecule has 27 heavy (non-hydrogen) atoms. The number of halogens is 2. The summed E-state index contributed by atoms with van der Waals surface area (Å²) >= 11 is 11.9. The Kier molecular flexibility index (Phi) is 6.71. The van der Waals surface area contributed by atoms with E-state index in [0.29, 0.717) is 42.4 Å². The molecule has 9 heteroatoms. The van der Waals surface area contributed by atoms with E-state index < -0.39 is 6.09 Å². The van der Waals surface area contributed by atoms with Gasteiger partial charge in [-0.1, -0.05) is 11.6 Å². The Balaban J connectivity index is 1.79. The van der Waals surface area contributed by atoms with Gasteiger partial charge >= 0.3 is 6.09 Å². The maximum Gasteiger partial charge on any atom is 0.412 e. The van der Waals surface area contributed by atoms with Gasteiger partial charge in [0.05, 0.1) is 13.2 Å². The first kappa shape index (κ1) is 19.7. The van der Waals surface area contributed by atoms with Gasteiger partial charge < -0.3 is 19.7 Å². The molecule has 0 bridgehead atoms. The normalized spacial score (nSPS) is 14.1. The number of nitrogens with one attached hydrogen (secondary N) is 1. The maximum atomic E-state index is 11.6. The van der Waals surface area contributed by atoms with E-state index >= 15 is 0 Å². The molecule has 0 aliphatic carbocycles. The van der Waals surface area contributed by atoms with Crippen molar-refractivity contribution in [3.63, 3.8) is 0 Å². The van der Waals surface area contributed by atoms with Gasteiger partial charge in [0.2, 0.25) is 0 Å². The van der Waals surface area contributed by atoms with Crippen molar-refractivity contribution in [1.29, 1.82) is 0 Å². The summed E-state index contributed by atoms with van der Waals surface area (Å²) in [6.45, 7) is 5.10. The van der Waals surface area contributed by atoms with Crippen molar-refractivity contribution in [3.8, 4) is 17.1 Å². The van der Waals surface area contributed by atoms with Gasteiger partial charge in [-0.05, 0) is 31.2 Å². The number of ether oxygens (including phenoxy) is 2. The number of morpholine rings is 1. The molecule has 1 aliphatic heterocycles. The summed E-state index contributed by atoms with van der Waals surface area (Å²) in [6, 6.07) is 6.94. The number of alkyl halides is 1. The van der Waals surface area contributed by atoms with Gasteiger partial charge in [-0.15, -0.1) is 11.6 Å². The monoisotopic (exact) mass is 410 g/mol. The van der Waals surface area contributed by atoms with Gasteiger partial charge in [-0.25, -0.2) is 14.8 Å². The number of carbonyl (C=O) groups excluding carboxylic acids is 1. The van der Waals surface area contributed by atoms with Crippen LogP contribution in [-0.2, 0) is 4.74 Å². The quantitative estimate of drug-likeness (QED) is 0.601. The van der Waals surface area contributed by atoms with Gasteiger partial charge in [0.1, 0.15) is 16.7 Å². The second-order valence-corrected chi connectivity index (χ2v) is 6.65. The number of benzene rings is 1. The smallest absolute Gasteiger partial charge is 0.410 e. The Morgan fingerprint density at radius 3 is 2.63 bits per heavy atom. The predicted octanol–water partition coefficient (Wildman–Crippen LogP) is 3.27. The summed E-state index contributed by atoms with van der Waals surface area (Å²) in [5.41, 5.74) is 1.62. The SMILES string of the molecule is Cc1c(Cl)nc(-c2ccc(OC(=O)NCCCl)cc2)nc1N1CCOCC1. The van der Waals surface area contributed by atoms with Crippen molar-refractivity contribution in [2.45, 2.75) is 6.92 Å². The molecule has 1 fully saturated rings. The maximum absolute atomic E-state index is 11.6. The zero-order chi connectivity index (χ0) is 19.2. The minimum Gasteiger partial charge on any atom is -0.410 e. The molecule has 1 amide bonds. The molecule has 144 valence electrons. The van der Waals surface area contributed by atoms with Crippen LogP contribution in [0.25, 0.3) is 11.4 Å². The van der Waals surface area contributed by atoms with Crippen LogP contribution in [0.1, 0.15) is 5.56 Å². The van der Waals surface area contributed by atoms with Crippen LogP contribution >= 0.6 is 23.2 Å². The molecule has 2 heterocycles. The average Bonchev–Trinajstić information content (AvgIpc) is 2.69. The molecule has 0 radical (unpaired) electrons. The number of carbonyl (C=O) groups is 1. The standard InChI is InChI=1S/C18H20Cl2N4O3/c1-12-15(20)22-16(23-17(12)24-8-10-26-11-9-24)13-2-4-14(5-3-13)27-18(25)21-7-6-19/h2-5H,6-11H2,1H3,(H,21,25). The number of anilines is 1. The zero-order valence-corrected chi connectivity index (χ0v) is 16.4. The number of amides is 1. The van der Waals surface area contributed by atoms with Crippen molar-refractivity contribution in [2.24, 2.45) is 0 Å². The third-order valence-electron chi connectivity index (χ3n) is 4.06. The van der Waals surface area contributed by atoms with Gasteiger partial charge in [0.25, 0.3) is 0 Å². The van der Waals surface area contributed by atoms with Crippen LogP contribution in [-0.4, -0.2) is 54.8 Å². The van der Waals surface area contributed by atoms with Crippen LogP contribution in [0.2, 0.25) is 5.15 Å². The van der Waals surface area contributed by atoms with Gasteiger partial charge in [-0.2, -0.15) is 0 Å². The zero-order valence-electron chi connectivity index (χ0n) is 14.9. The number of hydrogen-bond donors (Lipinski definition) is 1. The molecule has 1 N–H and O–H groups in total. The molecule has 2 aromatic rings. The number of hydrogen-bond acceptors (Lipinski definition) is 6. The van der Waals surface area contributed by atoms with E-state index in [-0.39, 0.29) is 0 Å². The van der Waals surface area contributed by atoms with Crippen LogP contribution in [0.5, 0.6) is 5.75 Å². The van der Waals surface area contributed by atoms with Crippen LogP contribution in [0.3, 0.4) is 0 Å². The van der Waals surface area contributed by atoms with Crippen LogP contribution in [0, 0.1) is 6.92 Å². The molecule has 0 spiro atoms. The van der Waals surface area contributed by atoms with Crippen LogP contribution in [0.15, 0.2) is 24.3 Å². The molecule has 0 unspecified atom stereocenters. The highest BCUT2D eigenvalue weighted by atomic mass is 35.5. The first-order chi connectivity index (χ1) is 13.1. The lowest BCUT2D eigenvalue weighted by molar-refractivity contribution is 0.122. The summed E-state index contributed by atoms with van der Waals surface area (Å²) in [4.78, 5) is 22.8. The second-order valence-electron chi connectivity index (χ2n) is 5.92. The fourth-order valence-electron chi connectivity index (χ4n) is 2.65. The number of aromatic nitrogens is 2. The van der Waals surface area contributed by atoms with Gasteiger partial charge in [-0.3, -0.25) is 0 Å². The first-order valence-corrected chi connectivity index (χ1v) is 9.48. The average molecular weight is 411 g/mol. The first-order valence-electron chi connectivity index (χ1n) is 8.57. The Morgan fingerprint density at radius 1 is 1.26 bits per heavy atom. The minimum atomic E-state index is -0.548. The van der Waals surface area contributed by atoms with Gasteiger partial charge in [0.15, 0.2) is 5.82 Å². The van der Waals surface area contributed by atoms with E-state index in [4.69, 9.17) is 37.7 Å². The van der Waals surface area contributed by atoms with Crippen molar-refractivity contribution >= 4 is 35.1 Å². The highest BCUT2D eigenvalue weighted by Gasteiger charge is 2.19. The van der Waals surface area contributed by atoms with E-state index in [1.54, 1.807) is 24.3 Å². The molecule has 1 aliphatic rings. The van der Waals surface area contributed by atoms with E-state index in [9.17, 15) is 4.79 Å². The fourth-order valence-corrected chi connectivity index (χ4v) is 2.91. The molecular weight excluding hydrogens is 391 g/mol. The minimum absolute atomic E-state index is 0.324. The summed E-state index contributed by atoms with van der Waals surface area (Å²) in [6.07, 6.45) is -0.548. The lowest BCUT2D eigenvalue weighted by Crippen LogP contribution is -2.37. The second kappa shape index (κ2) is 9.21. The van der Waals surface area contributed by atoms with Crippen LogP contribution < -0.4 is 15.0 Å². The van der Waals surface area contributed by atoms with E-state index in [2.05, 4.69) is 15.2 Å². The molecule has 7 nitrogen and oxygen atoms in total. The number of nitrogens with zero attached hydrogens (tertiary/aromatic N) is 3. The van der Waals surface area contributed by atoms with E-state index in [1.807, 2.05) is 6.92 Å². The van der Waals surface area contributed by atoms with Crippen molar-refractivity contribution in [1.82, 2.24) is 15.3 Å². The molecule has 0 atom stereocenters. The van der Waals surface area contributed by atoms with Crippen LogP contribution in [0.4, 0.5) is 10.6 Å². The van der Waals surface area contributed by atoms with Crippen molar-refractivity contribution in [3.05, 3.63) is 35.0 Å². The molecular formula is C18H20Cl2N4O3. The van der Waals surface area contributed by atoms with E-state index in [0.717, 1.165) is 30.0 Å². The van der Waals surface area contributed by atoms with Crippen molar-refractivity contribution < 1.29 is 14.3 Å². The van der Waals surface area contributed by atoms with Gasteiger partial charge in [0, 0.05) is 36.6 Å². The molecule has 3 rings (SSSR count). The third kappa shape index (κ3) is 5.00. The Hall–Kier alpha value is -2.09. The topological polar surface area (TPSA) is 76.6 Å². The Labute approximate surface area is 167 Å². The van der Waals surface area contributed by atoms with Crippen molar-refractivity contribution in [2.75, 3.05) is 43.6 Å².